The van der Waals surface area contributed by atoms with Crippen molar-refractivity contribution in [2.45, 2.75) is 32.6 Å². The van der Waals surface area contributed by atoms with Crippen molar-refractivity contribution in [3.05, 3.63) is 45.3 Å². The standard InChI is InChI=1S/C22H22N2O5S/c1-3-29-22(27)18-15-8-4-5-10-17(15)30-21(18)24-20(26)14(12-23)11-13-7-6-9-16(28-2)19(13)25/h6-7,9,11,25H,3-5,8,10H2,1-2H3,(H,24,26). The molecule has 1 aliphatic rings. The number of benzene rings is 1. The average molecular weight is 426 g/mol. The van der Waals surface area contributed by atoms with Crippen LogP contribution in [-0.2, 0) is 22.4 Å². The summed E-state index contributed by atoms with van der Waals surface area (Å²) in [5.41, 5.74) is 1.37. The Kier molecular flexibility index (Phi) is 6.75. The number of para-hydroxylation sites is 1. The second-order valence-electron chi connectivity index (χ2n) is 6.66. The number of rotatable bonds is 6. The molecule has 8 heteroatoms. The summed E-state index contributed by atoms with van der Waals surface area (Å²) in [7, 11) is 1.41. The number of phenols is 1. The number of methoxy groups -OCH3 is 1. The Morgan fingerprint density at radius 3 is 2.80 bits per heavy atom. The summed E-state index contributed by atoms with van der Waals surface area (Å²) in [5, 5.41) is 22.8. The minimum atomic E-state index is -0.663. The van der Waals surface area contributed by atoms with Crippen molar-refractivity contribution in [2.24, 2.45) is 0 Å². The average Bonchev–Trinajstić information content (AvgIpc) is 3.10. The number of carbonyl (C=O) groups is 2. The lowest BCUT2D eigenvalue weighted by Gasteiger charge is -2.12. The first kappa shape index (κ1) is 21.4. The van der Waals surface area contributed by atoms with Gasteiger partial charge in [0.15, 0.2) is 11.5 Å². The van der Waals surface area contributed by atoms with Gasteiger partial charge in [-0.1, -0.05) is 12.1 Å². The highest BCUT2D eigenvalue weighted by Crippen LogP contribution is 2.39. The fourth-order valence-corrected chi connectivity index (χ4v) is 4.64. The van der Waals surface area contributed by atoms with Gasteiger partial charge in [0.1, 0.15) is 16.6 Å². The minimum absolute atomic E-state index is 0.167. The Morgan fingerprint density at radius 2 is 2.10 bits per heavy atom. The molecule has 30 heavy (non-hydrogen) atoms. The molecule has 0 radical (unpaired) electrons. The van der Waals surface area contributed by atoms with Crippen LogP contribution in [-0.4, -0.2) is 30.7 Å². The number of ether oxygens (including phenoxy) is 2. The number of nitriles is 1. The first-order valence-electron chi connectivity index (χ1n) is 9.60. The van der Waals surface area contributed by atoms with Gasteiger partial charge in [0.2, 0.25) is 0 Å². The van der Waals surface area contributed by atoms with E-state index in [9.17, 15) is 20.0 Å². The highest BCUT2D eigenvalue weighted by molar-refractivity contribution is 7.17. The normalized spacial score (nSPS) is 13.2. The van der Waals surface area contributed by atoms with Crippen LogP contribution < -0.4 is 10.1 Å². The number of aromatic hydroxyl groups is 1. The number of aryl methyl sites for hydroxylation is 1. The van der Waals surface area contributed by atoms with E-state index in [1.54, 1.807) is 25.1 Å². The number of esters is 1. The molecule has 1 aliphatic carbocycles. The van der Waals surface area contributed by atoms with Crippen molar-refractivity contribution >= 4 is 34.3 Å². The first-order chi connectivity index (χ1) is 14.5. The van der Waals surface area contributed by atoms with Crippen LogP contribution in [0.1, 0.15) is 46.1 Å². The number of hydrogen-bond acceptors (Lipinski definition) is 7. The van der Waals surface area contributed by atoms with Crippen molar-refractivity contribution in [3.8, 4) is 17.6 Å². The van der Waals surface area contributed by atoms with E-state index in [0.29, 0.717) is 10.6 Å². The maximum atomic E-state index is 12.8. The molecule has 0 saturated carbocycles. The van der Waals surface area contributed by atoms with E-state index in [0.717, 1.165) is 36.1 Å². The Balaban J connectivity index is 1.94. The quantitative estimate of drug-likeness (QED) is 0.410. The molecule has 156 valence electrons. The molecule has 2 aromatic rings. The van der Waals surface area contributed by atoms with E-state index in [1.165, 1.54) is 24.5 Å². The van der Waals surface area contributed by atoms with Crippen molar-refractivity contribution in [1.82, 2.24) is 0 Å². The lowest BCUT2D eigenvalue weighted by atomic mass is 9.95. The molecule has 0 aliphatic heterocycles. The van der Waals surface area contributed by atoms with Gasteiger partial charge in [0, 0.05) is 10.4 Å². The third-order valence-electron chi connectivity index (χ3n) is 4.79. The van der Waals surface area contributed by atoms with Crippen LogP contribution >= 0.6 is 11.3 Å². The number of thiophene rings is 1. The Morgan fingerprint density at radius 1 is 1.33 bits per heavy atom. The highest BCUT2D eigenvalue weighted by Gasteiger charge is 2.27. The van der Waals surface area contributed by atoms with Crippen LogP contribution in [0.3, 0.4) is 0 Å². The van der Waals surface area contributed by atoms with E-state index in [-0.39, 0.29) is 29.2 Å². The van der Waals surface area contributed by atoms with Gasteiger partial charge in [-0.2, -0.15) is 5.26 Å². The third-order valence-corrected chi connectivity index (χ3v) is 6.00. The predicted molar refractivity (Wildman–Crippen MR) is 114 cm³/mol. The first-order valence-corrected chi connectivity index (χ1v) is 10.4. The van der Waals surface area contributed by atoms with Crippen LogP contribution in [0.25, 0.3) is 6.08 Å². The van der Waals surface area contributed by atoms with Crippen LogP contribution in [0.4, 0.5) is 5.00 Å². The summed E-state index contributed by atoms with van der Waals surface area (Å²) in [6, 6.07) is 6.63. The van der Waals surface area contributed by atoms with Crippen LogP contribution in [0.2, 0.25) is 0 Å². The summed E-state index contributed by atoms with van der Waals surface area (Å²) < 4.78 is 10.2. The Hall–Kier alpha value is -3.31. The van der Waals surface area contributed by atoms with Gasteiger partial charge in [-0.3, -0.25) is 4.79 Å². The fourth-order valence-electron chi connectivity index (χ4n) is 3.37. The SMILES string of the molecule is CCOC(=O)c1c(NC(=O)C(C#N)=Cc2cccc(OC)c2O)sc2c1CCCC2. The molecule has 0 bridgehead atoms. The molecule has 1 aromatic carbocycles. The van der Waals surface area contributed by atoms with E-state index < -0.39 is 11.9 Å². The Bertz CT molecular complexity index is 1050. The van der Waals surface area contributed by atoms with E-state index in [1.807, 2.05) is 6.07 Å². The maximum absolute atomic E-state index is 12.8. The number of carbonyl (C=O) groups excluding carboxylic acids is 2. The van der Waals surface area contributed by atoms with Gasteiger partial charge in [0.05, 0.1) is 19.3 Å². The second kappa shape index (κ2) is 9.46. The smallest absolute Gasteiger partial charge is 0.341 e. The lowest BCUT2D eigenvalue weighted by Crippen LogP contribution is -2.16. The number of nitrogens with zero attached hydrogens (tertiary/aromatic N) is 1. The molecule has 0 fully saturated rings. The largest absolute Gasteiger partial charge is 0.504 e. The van der Waals surface area contributed by atoms with E-state index in [4.69, 9.17) is 9.47 Å². The molecule has 3 rings (SSSR count). The zero-order chi connectivity index (χ0) is 21.7. The predicted octanol–water partition coefficient (Wildman–Crippen LogP) is 4.06. The number of anilines is 1. The zero-order valence-electron chi connectivity index (χ0n) is 16.8. The minimum Gasteiger partial charge on any atom is -0.504 e. The monoisotopic (exact) mass is 426 g/mol. The van der Waals surface area contributed by atoms with Crippen molar-refractivity contribution in [3.63, 3.8) is 0 Å². The maximum Gasteiger partial charge on any atom is 0.341 e. The number of nitrogens with one attached hydrogen (secondary N) is 1. The van der Waals surface area contributed by atoms with E-state index in [2.05, 4.69) is 5.32 Å². The van der Waals surface area contributed by atoms with Gasteiger partial charge in [-0.05, 0) is 50.3 Å². The van der Waals surface area contributed by atoms with E-state index >= 15 is 0 Å². The molecule has 2 N–H and O–H groups in total. The number of phenolic OH excluding ortho intramolecular Hbond substituents is 1. The van der Waals surface area contributed by atoms with Crippen molar-refractivity contribution < 1.29 is 24.2 Å². The molecular formula is C22H22N2O5S. The second-order valence-corrected chi connectivity index (χ2v) is 7.76. The van der Waals surface area contributed by atoms with Crippen LogP contribution in [0.15, 0.2) is 23.8 Å². The summed E-state index contributed by atoms with van der Waals surface area (Å²) in [6.45, 7) is 1.96. The molecule has 0 saturated heterocycles. The third kappa shape index (κ3) is 4.31. The number of amides is 1. The molecule has 0 atom stereocenters. The van der Waals surface area contributed by atoms with Crippen molar-refractivity contribution in [1.29, 1.82) is 5.26 Å². The van der Waals surface area contributed by atoms with Gasteiger partial charge in [0.25, 0.3) is 5.91 Å². The van der Waals surface area contributed by atoms with Gasteiger partial charge in [-0.25, -0.2) is 4.79 Å². The number of hydrogen-bond donors (Lipinski definition) is 2. The zero-order valence-corrected chi connectivity index (χ0v) is 17.6. The van der Waals surface area contributed by atoms with Crippen molar-refractivity contribution in [2.75, 3.05) is 19.0 Å². The molecule has 0 unspecified atom stereocenters. The molecule has 1 amide bonds. The van der Waals surface area contributed by atoms with Crippen LogP contribution in [0, 0.1) is 11.3 Å². The highest BCUT2D eigenvalue weighted by atomic mass is 32.1. The van der Waals surface area contributed by atoms with Crippen LogP contribution in [0.5, 0.6) is 11.5 Å². The van der Waals surface area contributed by atoms with Gasteiger partial charge < -0.3 is 19.9 Å². The topological polar surface area (TPSA) is 109 Å². The van der Waals surface area contributed by atoms with Gasteiger partial charge >= 0.3 is 5.97 Å². The molecule has 1 heterocycles. The summed E-state index contributed by atoms with van der Waals surface area (Å²) in [4.78, 5) is 26.4. The molecule has 1 aromatic heterocycles. The number of fused-ring (bicyclic) bond motifs is 1. The molecule has 0 spiro atoms. The molecular weight excluding hydrogens is 404 g/mol. The molecule has 7 nitrogen and oxygen atoms in total. The Labute approximate surface area is 178 Å². The van der Waals surface area contributed by atoms with Gasteiger partial charge in [-0.15, -0.1) is 11.3 Å². The fraction of sp³-hybridized carbons (Fsp3) is 0.318. The lowest BCUT2D eigenvalue weighted by molar-refractivity contribution is -0.112. The summed E-state index contributed by atoms with van der Waals surface area (Å²) in [6.07, 6.45) is 4.89. The summed E-state index contributed by atoms with van der Waals surface area (Å²) >= 11 is 1.35. The summed E-state index contributed by atoms with van der Waals surface area (Å²) in [5.74, 6) is -1.07.